The highest BCUT2D eigenvalue weighted by atomic mass is 16.4. The van der Waals surface area contributed by atoms with E-state index in [0.717, 1.165) is 0 Å². The van der Waals surface area contributed by atoms with Crippen molar-refractivity contribution < 1.29 is 9.90 Å². The van der Waals surface area contributed by atoms with E-state index in [9.17, 15) is 4.79 Å². The van der Waals surface area contributed by atoms with Gasteiger partial charge in [-0.1, -0.05) is 0 Å². The molecule has 0 bridgehead atoms. The topological polar surface area (TPSA) is 128 Å². The number of carbonyl (C=O) groups is 1. The van der Waals surface area contributed by atoms with Crippen LogP contribution < -0.4 is 0 Å². The fourth-order valence-electron chi connectivity index (χ4n) is 1.28. The van der Waals surface area contributed by atoms with Gasteiger partial charge in [0.25, 0.3) is 0 Å². The Kier molecular flexibility index (Phi) is 2.69. The molecule has 0 saturated carbocycles. The van der Waals surface area contributed by atoms with E-state index in [-0.39, 0.29) is 22.9 Å². The normalized spacial score (nSPS) is 9.44. The van der Waals surface area contributed by atoms with Crippen molar-refractivity contribution in [2.24, 2.45) is 0 Å². The number of hydrogen-bond acceptors (Lipinski definition) is 6. The van der Waals surface area contributed by atoms with Crippen LogP contribution in [0.2, 0.25) is 0 Å². The maximum atomic E-state index is 10.6. The maximum absolute atomic E-state index is 10.6. The highest BCUT2D eigenvalue weighted by Gasteiger charge is 2.13. The first-order chi connectivity index (χ1) is 8.67. The summed E-state index contributed by atoms with van der Waals surface area (Å²) in [5.74, 6) is -0.983. The molecule has 18 heavy (non-hydrogen) atoms. The highest BCUT2D eigenvalue weighted by molar-refractivity contribution is 5.85. The van der Waals surface area contributed by atoms with Gasteiger partial charge in [-0.05, 0) is 12.1 Å². The lowest BCUT2D eigenvalue weighted by molar-refractivity contribution is 0.0689. The summed E-state index contributed by atoms with van der Waals surface area (Å²) < 4.78 is 1.26. The minimum Gasteiger partial charge on any atom is -0.476 e. The van der Waals surface area contributed by atoms with E-state index in [4.69, 9.17) is 15.6 Å². The smallest absolute Gasteiger partial charge is 0.356 e. The van der Waals surface area contributed by atoms with Gasteiger partial charge in [-0.3, -0.25) is 4.57 Å². The number of hydrogen-bond donors (Lipinski definition) is 1. The average Bonchev–Trinajstić information content (AvgIpc) is 2.81. The van der Waals surface area contributed by atoms with Crippen LogP contribution in [-0.4, -0.2) is 30.8 Å². The van der Waals surface area contributed by atoms with Crippen LogP contribution in [0.4, 0.5) is 0 Å². The summed E-state index contributed by atoms with van der Waals surface area (Å²) in [6.07, 6.45) is 1.25. The molecular weight excluding hydrogens is 236 g/mol. The molecule has 0 amide bonds. The fourth-order valence-corrected chi connectivity index (χ4v) is 1.28. The summed E-state index contributed by atoms with van der Waals surface area (Å²) in [7, 11) is 0. The van der Waals surface area contributed by atoms with Crippen LogP contribution in [0.1, 0.15) is 21.9 Å². The van der Waals surface area contributed by atoms with E-state index < -0.39 is 5.97 Å². The van der Waals surface area contributed by atoms with Crippen molar-refractivity contribution in [1.82, 2.24) is 19.7 Å². The number of aromatic carboxylic acids is 1. The molecule has 0 aliphatic carbocycles. The van der Waals surface area contributed by atoms with Gasteiger partial charge in [0, 0.05) is 0 Å². The first kappa shape index (κ1) is 11.2. The number of imidazole rings is 1. The Labute approximate surface area is 100 Å². The molecule has 0 fully saturated rings. The Morgan fingerprint density at radius 1 is 1.28 bits per heavy atom. The first-order valence-corrected chi connectivity index (χ1v) is 4.62. The van der Waals surface area contributed by atoms with Crippen LogP contribution in [0.5, 0.6) is 0 Å². The number of carboxylic acid groups (broad SMARTS) is 1. The number of rotatable bonds is 2. The second-order valence-electron chi connectivity index (χ2n) is 3.12. The summed E-state index contributed by atoms with van der Waals surface area (Å²) in [5.41, 5.74) is -0.214. The third-order valence-electron chi connectivity index (χ3n) is 2.10. The lowest BCUT2D eigenvalue weighted by Crippen LogP contribution is -2.06. The molecule has 2 rings (SSSR count). The Morgan fingerprint density at radius 2 is 2.06 bits per heavy atom. The van der Waals surface area contributed by atoms with Crippen molar-refractivity contribution in [2.75, 3.05) is 0 Å². The van der Waals surface area contributed by atoms with Gasteiger partial charge in [-0.25, -0.2) is 9.78 Å². The van der Waals surface area contributed by atoms with Crippen LogP contribution in [0.25, 0.3) is 5.82 Å². The van der Waals surface area contributed by atoms with E-state index in [1.54, 1.807) is 6.07 Å². The molecule has 0 aromatic carbocycles. The number of nitriles is 2. The molecule has 0 aliphatic rings. The molecule has 2 heterocycles. The molecule has 0 aliphatic heterocycles. The average molecular weight is 240 g/mol. The monoisotopic (exact) mass is 240 g/mol. The number of aromatic nitrogens is 4. The molecule has 0 spiro atoms. The number of carboxylic acids is 1. The predicted octanol–water partition coefficient (Wildman–Crippen LogP) is 0.104. The van der Waals surface area contributed by atoms with Gasteiger partial charge in [-0.2, -0.15) is 10.5 Å². The van der Waals surface area contributed by atoms with E-state index in [0.29, 0.717) is 0 Å². The molecule has 0 unspecified atom stereocenters. The largest absolute Gasteiger partial charge is 0.476 e. The summed E-state index contributed by atoms with van der Waals surface area (Å²) in [5, 5.41) is 33.5. The lowest BCUT2D eigenvalue weighted by Gasteiger charge is -2.01. The quantitative estimate of drug-likeness (QED) is 0.788. The van der Waals surface area contributed by atoms with Gasteiger partial charge in [0.05, 0.1) is 0 Å². The fraction of sp³-hybridized carbons (Fsp3) is 0. The van der Waals surface area contributed by atoms with Gasteiger partial charge >= 0.3 is 5.97 Å². The van der Waals surface area contributed by atoms with E-state index >= 15 is 0 Å². The van der Waals surface area contributed by atoms with Crippen LogP contribution in [0, 0.1) is 22.7 Å². The molecular formula is C10H4N6O2. The SMILES string of the molecule is N#Cc1ncn(-c2ccc(C(=O)O)nn2)c1C#N. The summed E-state index contributed by atoms with van der Waals surface area (Å²) in [6.45, 7) is 0. The Bertz CT molecular complexity index is 689. The Hall–Kier alpha value is -3.26. The number of nitrogens with zero attached hydrogens (tertiary/aromatic N) is 6. The Balaban J connectivity index is 2.51. The van der Waals surface area contributed by atoms with E-state index in [1.807, 2.05) is 6.07 Å². The molecule has 1 N–H and O–H groups in total. The second-order valence-corrected chi connectivity index (χ2v) is 3.12. The molecule has 8 heteroatoms. The van der Waals surface area contributed by atoms with Crippen LogP contribution in [0.3, 0.4) is 0 Å². The third-order valence-corrected chi connectivity index (χ3v) is 2.10. The van der Waals surface area contributed by atoms with E-state index in [2.05, 4.69) is 15.2 Å². The van der Waals surface area contributed by atoms with Crippen LogP contribution in [-0.2, 0) is 0 Å². The summed E-state index contributed by atoms with van der Waals surface area (Å²) in [4.78, 5) is 14.3. The van der Waals surface area contributed by atoms with Crippen molar-refractivity contribution >= 4 is 5.97 Å². The molecule has 86 valence electrons. The summed E-state index contributed by atoms with van der Waals surface area (Å²) in [6, 6.07) is 6.22. The maximum Gasteiger partial charge on any atom is 0.356 e. The molecule has 0 atom stereocenters. The van der Waals surface area contributed by atoms with Gasteiger partial charge < -0.3 is 5.11 Å². The molecule has 0 saturated heterocycles. The zero-order valence-corrected chi connectivity index (χ0v) is 8.77. The zero-order valence-electron chi connectivity index (χ0n) is 8.77. The van der Waals surface area contributed by atoms with Crippen LogP contribution in [0.15, 0.2) is 18.5 Å². The van der Waals surface area contributed by atoms with Crippen LogP contribution >= 0.6 is 0 Å². The van der Waals surface area contributed by atoms with Gasteiger partial charge in [0.15, 0.2) is 22.9 Å². The van der Waals surface area contributed by atoms with Crippen molar-refractivity contribution in [3.63, 3.8) is 0 Å². The molecule has 0 radical (unpaired) electrons. The minimum atomic E-state index is -1.20. The van der Waals surface area contributed by atoms with Crippen molar-refractivity contribution in [1.29, 1.82) is 10.5 Å². The lowest BCUT2D eigenvalue weighted by atomic mass is 10.3. The molecule has 2 aromatic rings. The van der Waals surface area contributed by atoms with Gasteiger partial charge in [-0.15, -0.1) is 10.2 Å². The second kappa shape index (κ2) is 4.31. The highest BCUT2D eigenvalue weighted by Crippen LogP contribution is 2.11. The Morgan fingerprint density at radius 3 is 2.56 bits per heavy atom. The minimum absolute atomic E-state index is 0.0230. The van der Waals surface area contributed by atoms with Crippen molar-refractivity contribution in [3.05, 3.63) is 35.5 Å². The third kappa shape index (κ3) is 1.74. The first-order valence-electron chi connectivity index (χ1n) is 4.62. The van der Waals surface area contributed by atoms with Gasteiger partial charge in [0.1, 0.15) is 18.5 Å². The van der Waals surface area contributed by atoms with Crippen molar-refractivity contribution in [2.45, 2.75) is 0 Å². The predicted molar refractivity (Wildman–Crippen MR) is 55.5 cm³/mol. The molecule has 8 nitrogen and oxygen atoms in total. The van der Waals surface area contributed by atoms with Crippen molar-refractivity contribution in [3.8, 4) is 18.0 Å². The zero-order chi connectivity index (χ0) is 13.1. The van der Waals surface area contributed by atoms with E-state index in [1.165, 1.54) is 23.0 Å². The standard InChI is InChI=1S/C10H4N6O2/c11-3-7-8(4-12)16(5-13-7)9-2-1-6(10(17)18)14-15-9/h1-2,5H,(H,17,18). The summed E-state index contributed by atoms with van der Waals surface area (Å²) >= 11 is 0. The molecule has 2 aromatic heterocycles. The van der Waals surface area contributed by atoms with Gasteiger partial charge in [0.2, 0.25) is 0 Å².